The van der Waals surface area contributed by atoms with Crippen molar-refractivity contribution in [3.63, 3.8) is 0 Å². The van der Waals surface area contributed by atoms with Crippen molar-refractivity contribution in [2.24, 2.45) is 5.41 Å². The normalized spacial score (nSPS) is 13.5. The molecule has 0 radical (unpaired) electrons. The Morgan fingerprint density at radius 1 is 1.29 bits per heavy atom. The highest BCUT2D eigenvalue weighted by molar-refractivity contribution is 5.30. The second kappa shape index (κ2) is 8.40. The lowest BCUT2D eigenvalue weighted by Gasteiger charge is -2.30. The first-order valence-electron chi connectivity index (χ1n) is 7.91. The summed E-state index contributed by atoms with van der Waals surface area (Å²) < 4.78 is 5.35. The molecule has 0 aromatic heterocycles. The Hall–Kier alpha value is -1.06. The van der Waals surface area contributed by atoms with Crippen LogP contribution < -0.4 is 10.1 Å². The molecule has 0 saturated carbocycles. The van der Waals surface area contributed by atoms with E-state index in [1.165, 1.54) is 5.56 Å². The van der Waals surface area contributed by atoms with E-state index < -0.39 is 0 Å². The molecule has 1 aromatic rings. The van der Waals surface area contributed by atoms with Gasteiger partial charge in [-0.2, -0.15) is 0 Å². The Morgan fingerprint density at radius 2 is 2.00 bits per heavy atom. The fraction of sp³-hybridized carbons (Fsp3) is 0.667. The van der Waals surface area contributed by atoms with Gasteiger partial charge in [0.15, 0.2) is 0 Å². The summed E-state index contributed by atoms with van der Waals surface area (Å²) in [5, 5.41) is 3.66. The molecule has 1 rings (SSSR count). The van der Waals surface area contributed by atoms with Crippen LogP contribution in [0.4, 0.5) is 0 Å². The van der Waals surface area contributed by atoms with E-state index in [4.69, 9.17) is 4.74 Å². The SMILES string of the molecule is CCCNC(CN(C)CC(C)(C)C)c1cccc(OC)c1. The first-order valence-corrected chi connectivity index (χ1v) is 7.91. The molecule has 0 amide bonds. The molecule has 1 atom stereocenters. The minimum absolute atomic E-state index is 0.318. The molecular formula is C18H32N2O. The number of likely N-dealkylation sites (N-methyl/N-ethyl adjacent to an activating group) is 1. The molecular weight excluding hydrogens is 260 g/mol. The summed E-state index contributed by atoms with van der Waals surface area (Å²) in [5.74, 6) is 0.925. The maximum absolute atomic E-state index is 5.35. The maximum atomic E-state index is 5.35. The van der Waals surface area contributed by atoms with Gasteiger partial charge in [-0.1, -0.05) is 39.8 Å². The van der Waals surface area contributed by atoms with E-state index in [-0.39, 0.29) is 0 Å². The van der Waals surface area contributed by atoms with Gasteiger partial charge in [0.1, 0.15) is 5.75 Å². The number of hydrogen-bond donors (Lipinski definition) is 1. The number of hydrogen-bond acceptors (Lipinski definition) is 3. The third kappa shape index (κ3) is 6.96. The third-order valence-electron chi connectivity index (χ3n) is 3.38. The second-order valence-electron chi connectivity index (χ2n) is 7.04. The van der Waals surface area contributed by atoms with Gasteiger partial charge in [0.2, 0.25) is 0 Å². The molecule has 120 valence electrons. The monoisotopic (exact) mass is 292 g/mol. The zero-order valence-electron chi connectivity index (χ0n) is 14.6. The number of benzene rings is 1. The zero-order valence-corrected chi connectivity index (χ0v) is 14.6. The van der Waals surface area contributed by atoms with E-state index in [1.54, 1.807) is 7.11 Å². The predicted octanol–water partition coefficient (Wildman–Crippen LogP) is 3.71. The van der Waals surface area contributed by atoms with Crippen LogP contribution in [0.15, 0.2) is 24.3 Å². The Bertz CT molecular complexity index is 412. The molecule has 3 heteroatoms. The van der Waals surface area contributed by atoms with Crippen molar-refractivity contribution in [1.29, 1.82) is 0 Å². The van der Waals surface area contributed by atoms with Crippen molar-refractivity contribution in [1.82, 2.24) is 10.2 Å². The van der Waals surface area contributed by atoms with Crippen molar-refractivity contribution in [2.75, 3.05) is 33.8 Å². The standard InChI is InChI=1S/C18H32N2O/c1-7-11-19-17(13-20(5)14-18(2,3)4)15-9-8-10-16(12-15)21-6/h8-10,12,17,19H,7,11,13-14H2,1-6H3. The average molecular weight is 292 g/mol. The Morgan fingerprint density at radius 3 is 2.57 bits per heavy atom. The zero-order chi connectivity index (χ0) is 15.9. The molecule has 1 unspecified atom stereocenters. The summed E-state index contributed by atoms with van der Waals surface area (Å²) in [6.07, 6.45) is 1.14. The van der Waals surface area contributed by atoms with Crippen LogP contribution >= 0.6 is 0 Å². The quantitative estimate of drug-likeness (QED) is 0.790. The number of rotatable bonds is 8. The molecule has 0 aliphatic heterocycles. The maximum Gasteiger partial charge on any atom is 0.119 e. The molecule has 21 heavy (non-hydrogen) atoms. The molecule has 1 aromatic carbocycles. The average Bonchev–Trinajstić information content (AvgIpc) is 2.41. The van der Waals surface area contributed by atoms with Crippen LogP contribution in [0, 0.1) is 5.41 Å². The lowest BCUT2D eigenvalue weighted by molar-refractivity contribution is 0.208. The third-order valence-corrected chi connectivity index (χ3v) is 3.38. The molecule has 0 fully saturated rings. The lowest BCUT2D eigenvalue weighted by Crippen LogP contribution is -2.37. The van der Waals surface area contributed by atoms with Gasteiger partial charge in [-0.3, -0.25) is 0 Å². The van der Waals surface area contributed by atoms with Gasteiger partial charge >= 0.3 is 0 Å². The van der Waals surface area contributed by atoms with Gasteiger partial charge in [-0.15, -0.1) is 0 Å². The molecule has 1 N–H and O–H groups in total. The van der Waals surface area contributed by atoms with Crippen LogP contribution in [0.1, 0.15) is 45.7 Å². The van der Waals surface area contributed by atoms with Crippen molar-refractivity contribution in [3.05, 3.63) is 29.8 Å². The summed E-state index contributed by atoms with van der Waals surface area (Å²) in [7, 11) is 3.92. The van der Waals surface area contributed by atoms with E-state index in [0.717, 1.165) is 31.8 Å². The molecule has 0 aliphatic rings. The van der Waals surface area contributed by atoms with Crippen LogP contribution in [-0.2, 0) is 0 Å². The first-order chi connectivity index (χ1) is 9.85. The minimum Gasteiger partial charge on any atom is -0.497 e. The highest BCUT2D eigenvalue weighted by atomic mass is 16.5. The second-order valence-corrected chi connectivity index (χ2v) is 7.04. The number of nitrogens with zero attached hydrogens (tertiary/aromatic N) is 1. The molecule has 0 spiro atoms. The summed E-state index contributed by atoms with van der Waals surface area (Å²) in [6, 6.07) is 8.73. The van der Waals surface area contributed by atoms with E-state index in [2.05, 4.69) is 63.2 Å². The highest BCUT2D eigenvalue weighted by Gasteiger charge is 2.18. The van der Waals surface area contributed by atoms with Gasteiger partial charge in [0, 0.05) is 19.1 Å². The molecule has 0 heterocycles. The van der Waals surface area contributed by atoms with Gasteiger partial charge in [0.05, 0.1) is 7.11 Å². The highest BCUT2D eigenvalue weighted by Crippen LogP contribution is 2.21. The van der Waals surface area contributed by atoms with Crippen LogP contribution in [-0.4, -0.2) is 38.7 Å². The Labute approximate surface area is 130 Å². The molecule has 0 saturated heterocycles. The van der Waals surface area contributed by atoms with Gasteiger partial charge in [-0.25, -0.2) is 0 Å². The Kier molecular flexibility index (Phi) is 7.20. The fourth-order valence-corrected chi connectivity index (χ4v) is 2.65. The largest absolute Gasteiger partial charge is 0.497 e. The van der Waals surface area contributed by atoms with Crippen molar-refractivity contribution < 1.29 is 4.74 Å². The van der Waals surface area contributed by atoms with E-state index in [0.29, 0.717) is 11.5 Å². The molecule has 0 aliphatic carbocycles. The number of ether oxygens (including phenoxy) is 1. The van der Waals surface area contributed by atoms with Gasteiger partial charge in [-0.05, 0) is 43.1 Å². The van der Waals surface area contributed by atoms with Gasteiger partial charge in [0.25, 0.3) is 0 Å². The molecule has 0 bridgehead atoms. The fourth-order valence-electron chi connectivity index (χ4n) is 2.65. The summed E-state index contributed by atoms with van der Waals surface area (Å²) >= 11 is 0. The van der Waals surface area contributed by atoms with Crippen LogP contribution in [0.25, 0.3) is 0 Å². The molecule has 3 nitrogen and oxygen atoms in total. The predicted molar refractivity (Wildman–Crippen MR) is 91.0 cm³/mol. The first kappa shape index (κ1) is 18.0. The van der Waals surface area contributed by atoms with E-state index >= 15 is 0 Å². The number of methoxy groups -OCH3 is 1. The lowest BCUT2D eigenvalue weighted by atomic mass is 9.95. The minimum atomic E-state index is 0.318. The Balaban J connectivity index is 2.79. The smallest absolute Gasteiger partial charge is 0.119 e. The summed E-state index contributed by atoms with van der Waals surface area (Å²) in [4.78, 5) is 2.41. The van der Waals surface area contributed by atoms with Gasteiger partial charge < -0.3 is 15.0 Å². The van der Waals surface area contributed by atoms with Crippen LogP contribution in [0.2, 0.25) is 0 Å². The van der Waals surface area contributed by atoms with Crippen molar-refractivity contribution in [3.8, 4) is 5.75 Å². The summed E-state index contributed by atoms with van der Waals surface area (Å²) in [5.41, 5.74) is 1.61. The van der Waals surface area contributed by atoms with Crippen molar-refractivity contribution in [2.45, 2.75) is 40.2 Å². The van der Waals surface area contributed by atoms with E-state index in [1.807, 2.05) is 6.07 Å². The van der Waals surface area contributed by atoms with Crippen LogP contribution in [0.3, 0.4) is 0 Å². The van der Waals surface area contributed by atoms with Crippen molar-refractivity contribution >= 4 is 0 Å². The van der Waals surface area contributed by atoms with E-state index in [9.17, 15) is 0 Å². The summed E-state index contributed by atoms with van der Waals surface area (Å²) in [6.45, 7) is 12.2. The van der Waals surface area contributed by atoms with Crippen LogP contribution in [0.5, 0.6) is 5.75 Å². The topological polar surface area (TPSA) is 24.5 Å². The number of nitrogens with one attached hydrogen (secondary N) is 1.